The predicted molar refractivity (Wildman–Crippen MR) is 57.2 cm³/mol. The van der Waals surface area contributed by atoms with Crippen molar-refractivity contribution in [1.82, 2.24) is 12.4 Å². The molecule has 0 rings (SSSR count). The van der Waals surface area contributed by atoms with Crippen LogP contribution in [0.4, 0.5) is 26.3 Å². The van der Waals surface area contributed by atoms with Crippen molar-refractivity contribution in [1.29, 1.82) is 0 Å². The molecule has 0 unspecified atom stereocenters. The third kappa shape index (κ3) is 6.34. The molecule has 3 N–H and O–H groups in total. The molecule has 0 bridgehead atoms. The van der Waals surface area contributed by atoms with Gasteiger partial charge < -0.3 is 0 Å². The van der Waals surface area contributed by atoms with E-state index in [0.29, 0.717) is 0 Å². The second-order valence-corrected chi connectivity index (χ2v) is 10.1. The highest BCUT2D eigenvalue weighted by molar-refractivity contribution is 8.13. The van der Waals surface area contributed by atoms with Crippen LogP contribution in [0.2, 0.25) is 0 Å². The fraction of sp³-hybridized carbons (Fsp3) is 1.00. The van der Waals surface area contributed by atoms with E-state index in [9.17, 15) is 60.0 Å². The van der Waals surface area contributed by atoms with Crippen LogP contribution >= 0.6 is 0 Å². The molecule has 0 aromatic carbocycles. The van der Waals surface area contributed by atoms with Gasteiger partial charge in [-0.15, -0.1) is 0 Å². The van der Waals surface area contributed by atoms with E-state index in [1.807, 2.05) is 0 Å². The highest BCUT2D eigenvalue weighted by Gasteiger charge is 2.51. The smallest absolute Gasteiger partial charge is 0.202 e. The van der Waals surface area contributed by atoms with Crippen LogP contribution < -0.4 is 12.4 Å². The van der Waals surface area contributed by atoms with Crippen LogP contribution in [-0.4, -0.2) is 44.7 Å². The van der Waals surface area contributed by atoms with Crippen LogP contribution in [0.5, 0.6) is 0 Å². The second kappa shape index (κ2) is 5.96. The largest absolute Gasteiger partial charge is 0.512 e. The normalized spacial score (nSPS) is 15.6. The Labute approximate surface area is 124 Å². The fourth-order valence-corrected chi connectivity index (χ4v) is 5.67. The Morgan fingerprint density at radius 3 is 0.870 bits per heavy atom. The first-order valence-corrected chi connectivity index (χ1v) is 10.0. The van der Waals surface area contributed by atoms with E-state index >= 15 is 0 Å². The third-order valence-corrected chi connectivity index (χ3v) is 7.75. The van der Waals surface area contributed by atoms with Crippen molar-refractivity contribution >= 4 is 40.5 Å². The minimum atomic E-state index is -6.66. The fourth-order valence-electron chi connectivity index (χ4n) is 0.562. The summed E-state index contributed by atoms with van der Waals surface area (Å²) in [4.78, 5) is 0. The van der Waals surface area contributed by atoms with Crippen molar-refractivity contribution in [2.45, 2.75) is 11.0 Å². The molecule has 0 radical (unpaired) electrons. The molecule has 23 heavy (non-hydrogen) atoms. The van der Waals surface area contributed by atoms with Crippen molar-refractivity contribution in [3.05, 3.63) is 0 Å². The molecule has 0 amide bonds. The molecule has 0 aromatic rings. The number of halogens is 6. The summed E-state index contributed by atoms with van der Waals surface area (Å²) in [7, 11) is -25.7. The van der Waals surface area contributed by atoms with Crippen LogP contribution in [0.3, 0.4) is 0 Å². The molecule has 0 aromatic heterocycles. The van der Waals surface area contributed by atoms with Crippen molar-refractivity contribution in [2.24, 2.45) is 0 Å². The molecule has 21 heteroatoms. The standard InChI is InChI=1S/C2H3F6N3O8S4/c3-1(4,5)20(12,13)9-22(16,17)11-23(18,19)10-21(14,15)2(6,7)8/h9-11H. The molecule has 0 aliphatic heterocycles. The number of alkyl halides is 6. The molecule has 0 saturated heterocycles. The van der Waals surface area contributed by atoms with Crippen LogP contribution in [0.1, 0.15) is 0 Å². The lowest BCUT2D eigenvalue weighted by atomic mass is 11.6. The third-order valence-electron chi connectivity index (χ3n) is 1.27. The summed E-state index contributed by atoms with van der Waals surface area (Å²) in [5, 5.41) is 0. The Balaban J connectivity index is 5.51. The molecular weight excluding hydrogens is 436 g/mol. The summed E-state index contributed by atoms with van der Waals surface area (Å²) >= 11 is 0. The van der Waals surface area contributed by atoms with Gasteiger partial charge in [0.2, 0.25) is 0 Å². The Morgan fingerprint density at radius 1 is 0.478 bits per heavy atom. The average molecular weight is 439 g/mol. The molecule has 0 atom stereocenters. The first kappa shape index (κ1) is 22.3. The Hall–Kier alpha value is -0.740. The van der Waals surface area contributed by atoms with E-state index in [1.165, 1.54) is 0 Å². The van der Waals surface area contributed by atoms with Crippen molar-refractivity contribution in [2.75, 3.05) is 0 Å². The number of sulfonamides is 2. The lowest BCUT2D eigenvalue weighted by molar-refractivity contribution is -0.0446. The van der Waals surface area contributed by atoms with Gasteiger partial charge >= 0.3 is 51.5 Å². The molecular formula is C2H3F6N3O8S4. The van der Waals surface area contributed by atoms with Gasteiger partial charge in [-0.25, -0.2) is 16.8 Å². The van der Waals surface area contributed by atoms with E-state index in [0.717, 1.165) is 0 Å². The van der Waals surface area contributed by atoms with Crippen LogP contribution in [0.25, 0.3) is 0 Å². The zero-order chi connectivity index (χ0) is 19.1. The van der Waals surface area contributed by atoms with Crippen molar-refractivity contribution in [3.63, 3.8) is 0 Å². The van der Waals surface area contributed by atoms with E-state index in [2.05, 4.69) is 0 Å². The molecule has 11 nitrogen and oxygen atoms in total. The molecule has 0 aliphatic carbocycles. The quantitative estimate of drug-likeness (QED) is 0.397. The summed E-state index contributed by atoms with van der Waals surface area (Å²) in [5.41, 5.74) is -12.5. The van der Waals surface area contributed by atoms with Gasteiger partial charge in [-0.1, -0.05) is 12.4 Å². The number of hydrogen-bond acceptors (Lipinski definition) is 8. The first-order chi connectivity index (χ1) is 9.62. The van der Waals surface area contributed by atoms with Gasteiger partial charge in [0.15, 0.2) is 0 Å². The zero-order valence-electron chi connectivity index (χ0n) is 9.67. The topological polar surface area (TPSA) is 173 Å². The molecule has 0 spiro atoms. The summed E-state index contributed by atoms with van der Waals surface area (Å²) in [5.74, 6) is 0. The minimum Gasteiger partial charge on any atom is -0.202 e. The maximum Gasteiger partial charge on any atom is 0.512 e. The molecule has 0 heterocycles. The molecule has 0 aliphatic rings. The predicted octanol–water partition coefficient (Wildman–Crippen LogP) is -2.06. The SMILES string of the molecule is O=S(=O)(NS(=O)(=O)NS(=O)(=O)C(F)(F)F)NS(=O)(=O)C(F)(F)F. The van der Waals surface area contributed by atoms with E-state index in [-0.39, 0.29) is 12.4 Å². The average Bonchev–Trinajstić information content (AvgIpc) is 2.05. The van der Waals surface area contributed by atoms with Gasteiger partial charge in [-0.2, -0.15) is 43.2 Å². The summed E-state index contributed by atoms with van der Waals surface area (Å²) in [6, 6.07) is 0. The number of rotatable bonds is 6. The molecule has 0 fully saturated rings. The van der Waals surface area contributed by atoms with Gasteiger partial charge in [0.05, 0.1) is 0 Å². The highest BCUT2D eigenvalue weighted by Crippen LogP contribution is 2.23. The number of nitrogens with one attached hydrogen (secondary N) is 3. The minimum absolute atomic E-state index is 0.0471. The van der Waals surface area contributed by atoms with Crippen molar-refractivity contribution in [3.8, 4) is 0 Å². The summed E-state index contributed by atoms with van der Waals surface area (Å²) < 4.78 is 156. The van der Waals surface area contributed by atoms with Crippen LogP contribution in [-0.2, 0) is 40.5 Å². The lowest BCUT2D eigenvalue weighted by Crippen LogP contribution is -2.52. The van der Waals surface area contributed by atoms with Crippen LogP contribution in [0.15, 0.2) is 0 Å². The van der Waals surface area contributed by atoms with Crippen LogP contribution in [0, 0.1) is 0 Å². The molecule has 140 valence electrons. The maximum absolute atomic E-state index is 11.9. The van der Waals surface area contributed by atoms with Gasteiger partial charge in [0, 0.05) is 0 Å². The second-order valence-electron chi connectivity index (χ2n) is 3.16. The van der Waals surface area contributed by atoms with E-state index in [1.54, 1.807) is 0 Å². The van der Waals surface area contributed by atoms with Gasteiger partial charge in [0.1, 0.15) is 0 Å². The lowest BCUT2D eigenvalue weighted by Gasteiger charge is -2.12. The Bertz CT molecular complexity index is 787. The van der Waals surface area contributed by atoms with E-state index < -0.39 is 51.5 Å². The van der Waals surface area contributed by atoms with Gasteiger partial charge in [0.25, 0.3) is 0 Å². The maximum atomic E-state index is 11.9. The Kier molecular flexibility index (Phi) is 5.77. The number of hydrogen-bond donors (Lipinski definition) is 3. The summed E-state index contributed by atoms with van der Waals surface area (Å²) in [6.07, 6.45) is 0. The van der Waals surface area contributed by atoms with Crippen molar-refractivity contribution < 1.29 is 60.0 Å². The zero-order valence-corrected chi connectivity index (χ0v) is 12.9. The Morgan fingerprint density at radius 2 is 0.696 bits per heavy atom. The van der Waals surface area contributed by atoms with E-state index in [4.69, 9.17) is 0 Å². The first-order valence-electron chi connectivity index (χ1n) is 4.10. The molecule has 0 saturated carbocycles. The summed E-state index contributed by atoms with van der Waals surface area (Å²) in [6.45, 7) is 0. The van der Waals surface area contributed by atoms with Gasteiger partial charge in [-0.05, 0) is 0 Å². The highest BCUT2D eigenvalue weighted by atomic mass is 32.3. The van der Waals surface area contributed by atoms with Gasteiger partial charge in [-0.3, -0.25) is 0 Å². The monoisotopic (exact) mass is 439 g/mol.